The molecule has 3 heterocycles. The van der Waals surface area contributed by atoms with Crippen LogP contribution in [0.2, 0.25) is 0 Å². The Bertz CT molecular complexity index is 1490. The third kappa shape index (κ3) is 5.26. The molecule has 0 unspecified atom stereocenters. The van der Waals surface area contributed by atoms with Crippen LogP contribution in [0, 0.1) is 5.92 Å². The smallest absolute Gasteiger partial charge is 0.355 e. The Kier molecular flexibility index (Phi) is 7.58. The van der Waals surface area contributed by atoms with Gasteiger partial charge in [-0.2, -0.15) is 0 Å². The van der Waals surface area contributed by atoms with Gasteiger partial charge in [-0.05, 0) is 59.4 Å². The molecular formula is C29H27BrN2O4S. The lowest BCUT2D eigenvalue weighted by molar-refractivity contribution is -0.131. The van der Waals surface area contributed by atoms with Crippen LogP contribution in [-0.4, -0.2) is 41.5 Å². The highest BCUT2D eigenvalue weighted by molar-refractivity contribution is 9.10. The second-order valence-corrected chi connectivity index (χ2v) is 11.2. The molecule has 0 bridgehead atoms. The number of amides is 1. The summed E-state index contributed by atoms with van der Waals surface area (Å²) in [5, 5.41) is 3.24. The zero-order valence-electron chi connectivity index (χ0n) is 20.5. The number of thiophene rings is 1. The van der Waals surface area contributed by atoms with Gasteiger partial charge in [0.25, 0.3) is 5.56 Å². The van der Waals surface area contributed by atoms with Crippen LogP contribution in [-0.2, 0) is 22.5 Å². The van der Waals surface area contributed by atoms with E-state index in [9.17, 15) is 14.4 Å². The molecule has 1 aliphatic rings. The topological polar surface area (TPSA) is 68.6 Å². The van der Waals surface area contributed by atoms with Gasteiger partial charge in [-0.15, -0.1) is 11.3 Å². The Morgan fingerprint density at radius 3 is 2.46 bits per heavy atom. The van der Waals surface area contributed by atoms with Crippen LogP contribution in [0.5, 0.6) is 0 Å². The van der Waals surface area contributed by atoms with Crippen molar-refractivity contribution in [2.75, 3.05) is 20.2 Å². The van der Waals surface area contributed by atoms with E-state index >= 15 is 0 Å². The fraction of sp³-hybridized carbons (Fsp3) is 0.276. The molecule has 4 aromatic rings. The van der Waals surface area contributed by atoms with E-state index in [0.717, 1.165) is 27.8 Å². The van der Waals surface area contributed by atoms with Crippen molar-refractivity contribution in [2.45, 2.75) is 25.8 Å². The van der Waals surface area contributed by atoms with Gasteiger partial charge in [0.15, 0.2) is 0 Å². The highest BCUT2D eigenvalue weighted by atomic mass is 79.9. The quantitative estimate of drug-likeness (QED) is 0.273. The molecule has 1 aliphatic heterocycles. The van der Waals surface area contributed by atoms with Gasteiger partial charge in [0.05, 0.1) is 13.5 Å². The zero-order valence-corrected chi connectivity index (χ0v) is 22.9. The fourth-order valence-electron chi connectivity index (χ4n) is 5.10. The maximum absolute atomic E-state index is 13.8. The number of pyridine rings is 1. The maximum Gasteiger partial charge on any atom is 0.355 e. The Hall–Kier alpha value is -3.23. The van der Waals surface area contributed by atoms with Gasteiger partial charge in [0, 0.05) is 39.9 Å². The van der Waals surface area contributed by atoms with Crippen molar-refractivity contribution in [1.82, 2.24) is 9.47 Å². The van der Waals surface area contributed by atoms with Crippen LogP contribution < -0.4 is 5.56 Å². The van der Waals surface area contributed by atoms with Crippen molar-refractivity contribution in [3.63, 3.8) is 0 Å². The number of methoxy groups -OCH3 is 1. The summed E-state index contributed by atoms with van der Waals surface area (Å²) in [7, 11) is 1.34. The number of ether oxygens (including phenoxy) is 1. The van der Waals surface area contributed by atoms with Gasteiger partial charge in [0.2, 0.25) is 5.91 Å². The van der Waals surface area contributed by atoms with Crippen molar-refractivity contribution >= 4 is 49.9 Å². The second kappa shape index (κ2) is 11.0. The average Bonchev–Trinajstić information content (AvgIpc) is 3.43. The van der Waals surface area contributed by atoms with Gasteiger partial charge >= 0.3 is 5.97 Å². The molecule has 1 amide bonds. The summed E-state index contributed by atoms with van der Waals surface area (Å²) in [6.07, 6.45) is 1.96. The summed E-state index contributed by atoms with van der Waals surface area (Å²) >= 11 is 5.11. The van der Waals surface area contributed by atoms with Crippen LogP contribution in [0.1, 0.15) is 28.2 Å². The lowest BCUT2D eigenvalue weighted by Crippen LogP contribution is -2.41. The van der Waals surface area contributed by atoms with Crippen LogP contribution >= 0.6 is 27.3 Å². The number of esters is 1. The molecule has 190 valence electrons. The summed E-state index contributed by atoms with van der Waals surface area (Å²) in [5.41, 5.74) is 1.58. The lowest BCUT2D eigenvalue weighted by Gasteiger charge is -2.33. The number of rotatable bonds is 6. The molecule has 5 rings (SSSR count). The van der Waals surface area contributed by atoms with E-state index in [4.69, 9.17) is 4.74 Å². The predicted molar refractivity (Wildman–Crippen MR) is 150 cm³/mol. The Morgan fingerprint density at radius 1 is 1.03 bits per heavy atom. The van der Waals surface area contributed by atoms with Gasteiger partial charge in [-0.25, -0.2) is 4.79 Å². The first-order valence-electron chi connectivity index (χ1n) is 12.3. The van der Waals surface area contributed by atoms with E-state index in [1.807, 2.05) is 64.9 Å². The number of aromatic nitrogens is 1. The van der Waals surface area contributed by atoms with E-state index in [0.29, 0.717) is 42.4 Å². The molecule has 0 atom stereocenters. The molecule has 0 radical (unpaired) electrons. The van der Waals surface area contributed by atoms with Crippen LogP contribution in [0.4, 0.5) is 0 Å². The summed E-state index contributed by atoms with van der Waals surface area (Å²) in [5.74, 6) is -0.249. The minimum atomic E-state index is -0.540. The molecule has 1 fully saturated rings. The largest absolute Gasteiger partial charge is 0.464 e. The molecule has 0 saturated carbocycles. The Labute approximate surface area is 227 Å². The van der Waals surface area contributed by atoms with Crippen LogP contribution in [0.25, 0.3) is 21.9 Å². The first kappa shape index (κ1) is 25.4. The molecule has 0 N–H and O–H groups in total. The van der Waals surface area contributed by atoms with Crippen LogP contribution in [0.15, 0.2) is 75.3 Å². The lowest BCUT2D eigenvalue weighted by atomic mass is 9.93. The number of hydrogen-bond donors (Lipinski definition) is 0. The van der Waals surface area contributed by atoms with Crippen molar-refractivity contribution in [3.05, 3.63) is 91.4 Å². The molecule has 2 aromatic carbocycles. The van der Waals surface area contributed by atoms with Crippen molar-refractivity contribution in [3.8, 4) is 11.1 Å². The van der Waals surface area contributed by atoms with Crippen LogP contribution in [0.3, 0.4) is 0 Å². The number of benzene rings is 2. The SMILES string of the molecule is COC(=O)c1c(-c2ccccc2)c2cc(Br)ccc2c(=O)n1CC1CCN(C(=O)Cc2cccs2)CC1. The summed E-state index contributed by atoms with van der Waals surface area (Å²) in [4.78, 5) is 42.7. The van der Waals surface area contributed by atoms with Gasteiger partial charge in [-0.1, -0.05) is 52.3 Å². The average molecular weight is 580 g/mol. The molecular weight excluding hydrogens is 552 g/mol. The highest BCUT2D eigenvalue weighted by Gasteiger charge is 2.28. The number of hydrogen-bond acceptors (Lipinski definition) is 5. The van der Waals surface area contributed by atoms with Crippen molar-refractivity contribution in [1.29, 1.82) is 0 Å². The number of nitrogens with zero attached hydrogens (tertiary/aromatic N) is 2. The van der Waals surface area contributed by atoms with E-state index in [1.54, 1.807) is 22.0 Å². The fourth-order valence-corrected chi connectivity index (χ4v) is 6.15. The summed E-state index contributed by atoms with van der Waals surface area (Å²) < 4.78 is 7.62. The summed E-state index contributed by atoms with van der Waals surface area (Å²) in [6, 6.07) is 19.1. The number of carbonyl (C=O) groups excluding carboxylic acids is 2. The minimum absolute atomic E-state index is 0.135. The third-order valence-electron chi connectivity index (χ3n) is 6.99. The van der Waals surface area contributed by atoms with Crippen molar-refractivity contribution in [2.24, 2.45) is 5.92 Å². The number of piperidine rings is 1. The molecule has 2 aromatic heterocycles. The normalized spacial score (nSPS) is 14.2. The number of halogens is 1. The Morgan fingerprint density at radius 2 is 1.78 bits per heavy atom. The van der Waals surface area contributed by atoms with Gasteiger partial charge in [-0.3, -0.25) is 9.59 Å². The Balaban J connectivity index is 1.50. The summed E-state index contributed by atoms with van der Waals surface area (Å²) in [6.45, 7) is 1.68. The number of likely N-dealkylation sites (tertiary alicyclic amines) is 1. The monoisotopic (exact) mass is 578 g/mol. The predicted octanol–water partition coefficient (Wildman–Crippen LogP) is 5.76. The first-order chi connectivity index (χ1) is 18.0. The molecule has 6 nitrogen and oxygen atoms in total. The zero-order chi connectivity index (χ0) is 25.9. The standard InChI is InChI=1S/C29H27BrN2O4S/c1-36-29(35)27-26(20-6-3-2-4-7-20)24-16-21(30)9-10-23(24)28(34)32(27)18-19-11-13-31(14-12-19)25(33)17-22-8-5-15-37-22/h2-10,15-16,19H,11-14,17-18H2,1H3. The second-order valence-electron chi connectivity index (χ2n) is 9.27. The molecule has 8 heteroatoms. The molecule has 0 spiro atoms. The van der Waals surface area contributed by atoms with E-state index < -0.39 is 5.97 Å². The number of carbonyl (C=O) groups is 2. The minimum Gasteiger partial charge on any atom is -0.464 e. The first-order valence-corrected chi connectivity index (χ1v) is 13.9. The molecule has 37 heavy (non-hydrogen) atoms. The van der Waals surface area contributed by atoms with Crippen molar-refractivity contribution < 1.29 is 14.3 Å². The van der Waals surface area contributed by atoms with E-state index in [2.05, 4.69) is 15.9 Å². The van der Waals surface area contributed by atoms with E-state index in [1.165, 1.54) is 7.11 Å². The van der Waals surface area contributed by atoms with Gasteiger partial charge in [0.1, 0.15) is 5.69 Å². The highest BCUT2D eigenvalue weighted by Crippen LogP contribution is 2.34. The van der Waals surface area contributed by atoms with Gasteiger partial charge < -0.3 is 14.2 Å². The maximum atomic E-state index is 13.8. The molecule has 0 aliphatic carbocycles. The molecule has 1 saturated heterocycles. The van der Waals surface area contributed by atoms with E-state index in [-0.39, 0.29) is 23.1 Å². The number of fused-ring (bicyclic) bond motifs is 1. The third-order valence-corrected chi connectivity index (χ3v) is 8.36.